The van der Waals surface area contributed by atoms with Crippen LogP contribution in [0.15, 0.2) is 28.7 Å². The minimum atomic E-state index is -0.431. The van der Waals surface area contributed by atoms with E-state index in [9.17, 15) is 9.59 Å². The van der Waals surface area contributed by atoms with Crippen LogP contribution in [0.3, 0.4) is 0 Å². The van der Waals surface area contributed by atoms with Crippen LogP contribution in [-0.4, -0.2) is 11.9 Å². The molecule has 78 valence electrons. The quantitative estimate of drug-likeness (QED) is 0.815. The first-order valence-corrected chi connectivity index (χ1v) is 5.30. The fourth-order valence-corrected chi connectivity index (χ4v) is 1.77. The fraction of sp³-hybridized carbons (Fsp3) is 0.200. The Kier molecular flexibility index (Phi) is 2.73. The highest BCUT2D eigenvalue weighted by molar-refractivity contribution is 9.10. The van der Waals surface area contributed by atoms with Crippen molar-refractivity contribution in [2.75, 3.05) is 0 Å². The Morgan fingerprint density at radius 3 is 2.47 bits per heavy atom. The summed E-state index contributed by atoms with van der Waals surface area (Å²) in [4.78, 5) is 22.2. The van der Waals surface area contributed by atoms with Gasteiger partial charge >= 0.3 is 6.03 Å². The number of benzene rings is 1. The fourth-order valence-electron chi connectivity index (χ4n) is 1.50. The average Bonchev–Trinajstić information content (AvgIpc) is 2.17. The van der Waals surface area contributed by atoms with Crippen molar-refractivity contribution in [3.8, 4) is 0 Å². The number of nitrogens with one attached hydrogen (secondary N) is 2. The molecule has 5 heteroatoms. The standard InChI is InChI=1S/C10H9BrN2O2/c11-7-3-1-6(2-4-7)8-5-9(14)13-10(15)12-8/h1-4,8H,5H2,(H2,12,13,14,15)/t8-/m1/s1. The van der Waals surface area contributed by atoms with Crippen LogP contribution >= 0.6 is 15.9 Å². The summed E-state index contributed by atoms with van der Waals surface area (Å²) in [6, 6.07) is 6.88. The molecule has 1 aromatic carbocycles. The Morgan fingerprint density at radius 2 is 1.87 bits per heavy atom. The van der Waals surface area contributed by atoms with Crippen LogP contribution in [0.1, 0.15) is 18.0 Å². The SMILES string of the molecule is O=C1C[C@H](c2ccc(Br)cc2)NC(=O)N1. The lowest BCUT2D eigenvalue weighted by Crippen LogP contribution is -2.48. The summed E-state index contributed by atoms with van der Waals surface area (Å²) in [5.41, 5.74) is 0.932. The van der Waals surface area contributed by atoms with Crippen LogP contribution in [0.4, 0.5) is 4.79 Å². The molecule has 1 aliphatic heterocycles. The molecule has 1 fully saturated rings. The minimum Gasteiger partial charge on any atom is -0.330 e. The lowest BCUT2D eigenvalue weighted by Gasteiger charge is -2.23. The monoisotopic (exact) mass is 268 g/mol. The van der Waals surface area contributed by atoms with E-state index in [1.807, 2.05) is 24.3 Å². The number of hydrogen-bond donors (Lipinski definition) is 2. The topological polar surface area (TPSA) is 58.2 Å². The molecule has 0 aliphatic carbocycles. The van der Waals surface area contributed by atoms with Gasteiger partial charge in [0.25, 0.3) is 0 Å². The molecule has 0 unspecified atom stereocenters. The molecule has 2 rings (SSSR count). The molecule has 4 nitrogen and oxygen atoms in total. The van der Waals surface area contributed by atoms with Crippen molar-refractivity contribution in [1.82, 2.24) is 10.6 Å². The maximum Gasteiger partial charge on any atom is 0.321 e. The summed E-state index contributed by atoms with van der Waals surface area (Å²) >= 11 is 3.33. The predicted molar refractivity (Wildman–Crippen MR) is 58.2 cm³/mol. The van der Waals surface area contributed by atoms with Crippen LogP contribution in [0, 0.1) is 0 Å². The summed E-state index contributed by atoms with van der Waals surface area (Å²) in [6.45, 7) is 0. The summed E-state index contributed by atoms with van der Waals surface area (Å²) in [6.07, 6.45) is 0.285. The third kappa shape index (κ3) is 2.36. The third-order valence-corrected chi connectivity index (χ3v) is 2.75. The number of urea groups is 1. The molecule has 2 N–H and O–H groups in total. The maximum absolute atomic E-state index is 11.1. The Bertz CT molecular complexity index is 386. The molecule has 0 aromatic heterocycles. The smallest absolute Gasteiger partial charge is 0.321 e. The normalized spacial score (nSPS) is 20.7. The highest BCUT2D eigenvalue weighted by Crippen LogP contribution is 2.21. The summed E-state index contributed by atoms with van der Waals surface area (Å²) in [5, 5.41) is 4.89. The number of carbonyl (C=O) groups excluding carboxylic acids is 2. The third-order valence-electron chi connectivity index (χ3n) is 2.22. The lowest BCUT2D eigenvalue weighted by molar-refractivity contribution is -0.121. The molecule has 0 saturated carbocycles. The average molecular weight is 269 g/mol. The van der Waals surface area contributed by atoms with E-state index in [0.717, 1.165) is 10.0 Å². The van der Waals surface area contributed by atoms with Crippen molar-refractivity contribution in [2.45, 2.75) is 12.5 Å². The van der Waals surface area contributed by atoms with E-state index in [0.29, 0.717) is 0 Å². The first-order chi connectivity index (χ1) is 7.15. The molecular weight excluding hydrogens is 260 g/mol. The van der Waals surface area contributed by atoms with Crippen LogP contribution in [0.5, 0.6) is 0 Å². The van der Waals surface area contributed by atoms with Crippen molar-refractivity contribution in [1.29, 1.82) is 0 Å². The van der Waals surface area contributed by atoms with Gasteiger partial charge in [0.2, 0.25) is 5.91 Å². The van der Waals surface area contributed by atoms with Gasteiger partial charge in [0.15, 0.2) is 0 Å². The first kappa shape index (κ1) is 10.2. The van der Waals surface area contributed by atoms with E-state index in [4.69, 9.17) is 0 Å². The van der Waals surface area contributed by atoms with Crippen LogP contribution in [0.2, 0.25) is 0 Å². The van der Waals surface area contributed by atoms with Gasteiger partial charge in [-0.25, -0.2) is 4.79 Å². The van der Waals surface area contributed by atoms with Gasteiger partial charge in [-0.1, -0.05) is 28.1 Å². The lowest BCUT2D eigenvalue weighted by atomic mass is 10.0. The molecule has 1 saturated heterocycles. The van der Waals surface area contributed by atoms with E-state index >= 15 is 0 Å². The molecule has 1 atom stereocenters. The first-order valence-electron chi connectivity index (χ1n) is 4.51. The second-order valence-corrected chi connectivity index (χ2v) is 4.25. The molecule has 0 bridgehead atoms. The molecule has 3 amide bonds. The van der Waals surface area contributed by atoms with Gasteiger partial charge in [0.05, 0.1) is 12.5 Å². The van der Waals surface area contributed by atoms with Crippen LogP contribution in [0.25, 0.3) is 0 Å². The van der Waals surface area contributed by atoms with Gasteiger partial charge in [-0.3, -0.25) is 10.1 Å². The molecule has 0 spiro atoms. The number of imide groups is 1. The van der Waals surface area contributed by atoms with Crippen molar-refractivity contribution in [3.63, 3.8) is 0 Å². The second kappa shape index (κ2) is 4.02. The minimum absolute atomic E-state index is 0.223. The van der Waals surface area contributed by atoms with Crippen molar-refractivity contribution in [2.24, 2.45) is 0 Å². The Balaban J connectivity index is 2.19. The number of amides is 3. The van der Waals surface area contributed by atoms with Crippen LogP contribution < -0.4 is 10.6 Å². The van der Waals surface area contributed by atoms with Gasteiger partial charge in [-0.05, 0) is 17.7 Å². The number of carbonyl (C=O) groups is 2. The highest BCUT2D eigenvalue weighted by Gasteiger charge is 2.24. The molecule has 15 heavy (non-hydrogen) atoms. The van der Waals surface area contributed by atoms with Crippen molar-refractivity contribution < 1.29 is 9.59 Å². The summed E-state index contributed by atoms with van der Waals surface area (Å²) in [7, 11) is 0. The zero-order valence-electron chi connectivity index (χ0n) is 7.79. The molecule has 1 aromatic rings. The summed E-state index contributed by atoms with van der Waals surface area (Å²) < 4.78 is 0.970. The molecule has 1 heterocycles. The van der Waals surface area contributed by atoms with E-state index in [1.165, 1.54) is 0 Å². The number of halogens is 1. The van der Waals surface area contributed by atoms with Gasteiger partial charge < -0.3 is 5.32 Å². The van der Waals surface area contributed by atoms with E-state index < -0.39 is 6.03 Å². The van der Waals surface area contributed by atoms with Crippen molar-refractivity contribution >= 4 is 27.9 Å². The van der Waals surface area contributed by atoms with Gasteiger partial charge in [0, 0.05) is 4.47 Å². The van der Waals surface area contributed by atoms with Gasteiger partial charge in [-0.2, -0.15) is 0 Å². The highest BCUT2D eigenvalue weighted by atomic mass is 79.9. The van der Waals surface area contributed by atoms with E-state index in [2.05, 4.69) is 26.6 Å². The van der Waals surface area contributed by atoms with Gasteiger partial charge in [-0.15, -0.1) is 0 Å². The van der Waals surface area contributed by atoms with Crippen LogP contribution in [-0.2, 0) is 4.79 Å². The Morgan fingerprint density at radius 1 is 1.20 bits per heavy atom. The predicted octanol–water partition coefficient (Wildman–Crippen LogP) is 1.72. The number of rotatable bonds is 1. The summed E-state index contributed by atoms with van der Waals surface area (Å²) in [5.74, 6) is -0.244. The van der Waals surface area contributed by atoms with E-state index in [1.54, 1.807) is 0 Å². The largest absolute Gasteiger partial charge is 0.330 e. The molecule has 0 radical (unpaired) electrons. The van der Waals surface area contributed by atoms with E-state index in [-0.39, 0.29) is 18.4 Å². The van der Waals surface area contributed by atoms with Crippen molar-refractivity contribution in [3.05, 3.63) is 34.3 Å². The molecular formula is C10H9BrN2O2. The Labute approximate surface area is 95.2 Å². The zero-order chi connectivity index (χ0) is 10.8. The maximum atomic E-state index is 11.1. The second-order valence-electron chi connectivity index (χ2n) is 3.33. The van der Waals surface area contributed by atoms with Gasteiger partial charge in [0.1, 0.15) is 0 Å². The number of hydrogen-bond acceptors (Lipinski definition) is 2. The zero-order valence-corrected chi connectivity index (χ0v) is 9.37. The Hall–Kier alpha value is -1.36. The molecule has 1 aliphatic rings.